The second kappa shape index (κ2) is 5.46. The van der Waals surface area contributed by atoms with E-state index < -0.39 is 23.6 Å². The lowest BCUT2D eigenvalue weighted by molar-refractivity contribution is -0.164. The highest BCUT2D eigenvalue weighted by Gasteiger charge is 2.38. The summed E-state index contributed by atoms with van der Waals surface area (Å²) in [6, 6.07) is 0. The first kappa shape index (κ1) is 13.9. The lowest BCUT2D eigenvalue weighted by atomic mass is 10.0. The Hall–Kier alpha value is -1.14. The monoisotopic (exact) mass is 246 g/mol. The predicted molar refractivity (Wildman–Crippen MR) is 57.0 cm³/mol. The number of hydrogen-bond acceptors (Lipinski definition) is 6. The number of rotatable bonds is 4. The van der Waals surface area contributed by atoms with E-state index in [-0.39, 0.29) is 12.5 Å². The van der Waals surface area contributed by atoms with Gasteiger partial charge in [-0.2, -0.15) is 0 Å². The van der Waals surface area contributed by atoms with Gasteiger partial charge < -0.3 is 18.9 Å². The number of carbonyl (C=O) groups excluding carboxylic acids is 2. The first-order valence-electron chi connectivity index (χ1n) is 5.37. The van der Waals surface area contributed by atoms with Crippen molar-refractivity contribution in [3.8, 4) is 0 Å². The van der Waals surface area contributed by atoms with Crippen molar-refractivity contribution >= 4 is 11.9 Å². The van der Waals surface area contributed by atoms with Crippen LogP contribution in [0, 0.1) is 5.92 Å². The highest BCUT2D eigenvalue weighted by molar-refractivity contribution is 5.94. The standard InChI is InChI=1S/C11H18O6/c1-11(2)16-6-7(17-11)5-8(9(12)14-3)10(13)15-4/h7-8H,5-6H2,1-4H3. The highest BCUT2D eigenvalue weighted by Crippen LogP contribution is 2.26. The average Bonchev–Trinajstić information content (AvgIpc) is 2.63. The molecule has 6 nitrogen and oxygen atoms in total. The van der Waals surface area contributed by atoms with Crippen LogP contribution in [0.2, 0.25) is 0 Å². The summed E-state index contributed by atoms with van der Waals surface area (Å²) in [6.45, 7) is 3.90. The van der Waals surface area contributed by atoms with Crippen LogP contribution >= 0.6 is 0 Å². The first-order valence-corrected chi connectivity index (χ1v) is 5.37. The highest BCUT2D eigenvalue weighted by atomic mass is 16.7. The minimum atomic E-state index is -0.965. The van der Waals surface area contributed by atoms with Crippen LogP contribution in [0.15, 0.2) is 0 Å². The van der Waals surface area contributed by atoms with E-state index in [1.54, 1.807) is 13.8 Å². The molecular formula is C11H18O6. The maximum absolute atomic E-state index is 11.4. The van der Waals surface area contributed by atoms with E-state index in [1.807, 2.05) is 0 Å². The van der Waals surface area contributed by atoms with Crippen molar-refractivity contribution in [1.29, 1.82) is 0 Å². The number of methoxy groups -OCH3 is 2. The third-order valence-electron chi connectivity index (χ3n) is 2.54. The Kier molecular flexibility index (Phi) is 4.47. The summed E-state index contributed by atoms with van der Waals surface area (Å²) >= 11 is 0. The van der Waals surface area contributed by atoms with E-state index in [4.69, 9.17) is 9.47 Å². The molecule has 98 valence electrons. The quantitative estimate of drug-likeness (QED) is 0.531. The van der Waals surface area contributed by atoms with Crippen LogP contribution in [0.5, 0.6) is 0 Å². The van der Waals surface area contributed by atoms with Crippen molar-refractivity contribution in [2.45, 2.75) is 32.2 Å². The SMILES string of the molecule is COC(=O)C(CC1COC(C)(C)O1)C(=O)OC. The largest absolute Gasteiger partial charge is 0.468 e. The van der Waals surface area contributed by atoms with Gasteiger partial charge in [0.1, 0.15) is 0 Å². The number of carbonyl (C=O) groups is 2. The number of hydrogen-bond donors (Lipinski definition) is 0. The molecule has 0 aromatic carbocycles. The molecule has 1 unspecified atom stereocenters. The number of esters is 2. The van der Waals surface area contributed by atoms with E-state index in [1.165, 1.54) is 14.2 Å². The molecule has 0 aromatic rings. The van der Waals surface area contributed by atoms with E-state index in [0.717, 1.165) is 0 Å². The normalized spacial score (nSPS) is 22.5. The van der Waals surface area contributed by atoms with Gasteiger partial charge in [-0.05, 0) is 20.3 Å². The first-order chi connectivity index (χ1) is 7.89. The molecule has 1 fully saturated rings. The molecule has 1 atom stereocenters. The van der Waals surface area contributed by atoms with Crippen LogP contribution in [-0.2, 0) is 28.5 Å². The molecule has 1 rings (SSSR count). The fourth-order valence-electron chi connectivity index (χ4n) is 1.72. The third kappa shape index (κ3) is 3.67. The zero-order chi connectivity index (χ0) is 13.1. The Morgan fingerprint density at radius 3 is 2.18 bits per heavy atom. The van der Waals surface area contributed by atoms with Crippen LogP contribution in [0.4, 0.5) is 0 Å². The molecule has 0 radical (unpaired) electrons. The summed E-state index contributed by atoms with van der Waals surface area (Å²) in [5, 5.41) is 0. The third-order valence-corrected chi connectivity index (χ3v) is 2.54. The van der Waals surface area contributed by atoms with E-state index >= 15 is 0 Å². The molecule has 0 N–H and O–H groups in total. The Bertz CT molecular complexity index is 282. The molecule has 1 aliphatic heterocycles. The van der Waals surface area contributed by atoms with Crippen molar-refractivity contribution in [3.05, 3.63) is 0 Å². The predicted octanol–water partition coefficient (Wildman–Crippen LogP) is 0.490. The van der Waals surface area contributed by atoms with Gasteiger partial charge in [0, 0.05) is 0 Å². The molecule has 0 aliphatic carbocycles. The molecule has 0 saturated carbocycles. The summed E-state index contributed by atoms with van der Waals surface area (Å²) in [7, 11) is 2.46. The van der Waals surface area contributed by atoms with Gasteiger partial charge in [0.2, 0.25) is 0 Å². The average molecular weight is 246 g/mol. The van der Waals surface area contributed by atoms with Crippen LogP contribution in [-0.4, -0.2) is 44.7 Å². The molecule has 1 saturated heterocycles. The molecule has 0 spiro atoms. The van der Waals surface area contributed by atoms with E-state index in [9.17, 15) is 9.59 Å². The van der Waals surface area contributed by atoms with Gasteiger partial charge in [-0.1, -0.05) is 0 Å². The summed E-state index contributed by atoms with van der Waals surface area (Å²) < 4.78 is 20.0. The lowest BCUT2D eigenvalue weighted by Gasteiger charge is -2.19. The minimum Gasteiger partial charge on any atom is -0.468 e. The van der Waals surface area contributed by atoms with E-state index in [2.05, 4.69) is 9.47 Å². The zero-order valence-corrected chi connectivity index (χ0v) is 10.5. The van der Waals surface area contributed by atoms with Crippen LogP contribution < -0.4 is 0 Å². The minimum absolute atomic E-state index is 0.197. The Morgan fingerprint density at radius 1 is 1.29 bits per heavy atom. The van der Waals surface area contributed by atoms with Crippen molar-refractivity contribution in [2.24, 2.45) is 5.92 Å². The van der Waals surface area contributed by atoms with Crippen molar-refractivity contribution in [2.75, 3.05) is 20.8 Å². The Balaban J connectivity index is 2.61. The van der Waals surface area contributed by atoms with Crippen LogP contribution in [0.3, 0.4) is 0 Å². The Morgan fingerprint density at radius 2 is 1.82 bits per heavy atom. The van der Waals surface area contributed by atoms with Gasteiger partial charge in [-0.3, -0.25) is 9.59 Å². The van der Waals surface area contributed by atoms with Gasteiger partial charge in [-0.15, -0.1) is 0 Å². The smallest absolute Gasteiger partial charge is 0.320 e. The lowest BCUT2D eigenvalue weighted by Crippen LogP contribution is -2.31. The van der Waals surface area contributed by atoms with E-state index in [0.29, 0.717) is 6.61 Å². The van der Waals surface area contributed by atoms with Crippen molar-refractivity contribution in [1.82, 2.24) is 0 Å². The van der Waals surface area contributed by atoms with Crippen LogP contribution in [0.1, 0.15) is 20.3 Å². The molecule has 0 bridgehead atoms. The van der Waals surface area contributed by atoms with Gasteiger partial charge in [0.25, 0.3) is 0 Å². The van der Waals surface area contributed by atoms with Crippen molar-refractivity contribution in [3.63, 3.8) is 0 Å². The van der Waals surface area contributed by atoms with Gasteiger partial charge >= 0.3 is 11.9 Å². The fourth-order valence-corrected chi connectivity index (χ4v) is 1.72. The summed E-state index contributed by atoms with van der Waals surface area (Å²) in [4.78, 5) is 22.9. The van der Waals surface area contributed by atoms with Crippen LogP contribution in [0.25, 0.3) is 0 Å². The Labute approximate surface area is 100 Å². The van der Waals surface area contributed by atoms with Gasteiger partial charge in [0.15, 0.2) is 11.7 Å². The second-order valence-electron chi connectivity index (χ2n) is 4.29. The maximum Gasteiger partial charge on any atom is 0.320 e. The molecule has 6 heteroatoms. The molecule has 1 heterocycles. The molecule has 1 aliphatic rings. The van der Waals surface area contributed by atoms with Crippen molar-refractivity contribution < 1.29 is 28.5 Å². The summed E-state index contributed by atoms with van der Waals surface area (Å²) in [5.41, 5.74) is 0. The molecular weight excluding hydrogens is 228 g/mol. The summed E-state index contributed by atoms with van der Waals surface area (Å²) in [6.07, 6.45) is -0.115. The van der Waals surface area contributed by atoms with Gasteiger partial charge in [0.05, 0.1) is 26.9 Å². The zero-order valence-electron chi connectivity index (χ0n) is 10.5. The topological polar surface area (TPSA) is 71.1 Å². The molecule has 17 heavy (non-hydrogen) atoms. The maximum atomic E-state index is 11.4. The number of ether oxygens (including phenoxy) is 4. The second-order valence-corrected chi connectivity index (χ2v) is 4.29. The molecule has 0 amide bonds. The summed E-state index contributed by atoms with van der Waals surface area (Å²) in [5.74, 6) is -2.88. The molecule has 0 aromatic heterocycles. The van der Waals surface area contributed by atoms with Gasteiger partial charge in [-0.25, -0.2) is 0 Å². The fraction of sp³-hybridized carbons (Fsp3) is 0.818.